The molecule has 1 heterocycles. The molecular formula is C16H18N4O5S. The van der Waals surface area contributed by atoms with Crippen LogP contribution >= 0.6 is 0 Å². The van der Waals surface area contributed by atoms with Gasteiger partial charge in [-0.3, -0.25) is 14.1 Å². The van der Waals surface area contributed by atoms with E-state index in [0.29, 0.717) is 26.2 Å². The molecule has 1 aromatic carbocycles. The number of amides is 2. The van der Waals surface area contributed by atoms with Crippen molar-refractivity contribution in [2.75, 3.05) is 31.5 Å². The Balaban J connectivity index is 2.03. The number of nitrogens with zero attached hydrogens (tertiary/aromatic N) is 3. The number of nitriles is 1. The molecule has 0 bridgehead atoms. The number of anilines is 1. The van der Waals surface area contributed by atoms with E-state index in [1.54, 1.807) is 9.80 Å². The summed E-state index contributed by atoms with van der Waals surface area (Å²) in [6.45, 7) is 3.56. The van der Waals surface area contributed by atoms with Crippen molar-refractivity contribution >= 4 is 27.6 Å². The Hall–Kier alpha value is -2.90. The van der Waals surface area contributed by atoms with Crippen molar-refractivity contribution in [3.05, 3.63) is 36.0 Å². The molecule has 2 amide bonds. The molecule has 10 heteroatoms. The lowest BCUT2D eigenvalue weighted by Gasteiger charge is -2.33. The molecule has 0 atom stereocenters. The van der Waals surface area contributed by atoms with E-state index in [9.17, 15) is 23.3 Å². The van der Waals surface area contributed by atoms with Gasteiger partial charge in [0, 0.05) is 45.0 Å². The molecule has 26 heavy (non-hydrogen) atoms. The highest BCUT2D eigenvalue weighted by Gasteiger charge is 2.19. The normalized spacial score (nSPS) is 15.3. The zero-order chi connectivity index (χ0) is 19.3. The van der Waals surface area contributed by atoms with E-state index in [-0.39, 0.29) is 22.1 Å². The van der Waals surface area contributed by atoms with E-state index < -0.39 is 16.0 Å². The van der Waals surface area contributed by atoms with Crippen LogP contribution in [-0.4, -0.2) is 60.8 Å². The fraction of sp³-hybridized carbons (Fsp3) is 0.312. The largest absolute Gasteiger partial charge is 0.373 e. The summed E-state index contributed by atoms with van der Waals surface area (Å²) in [4.78, 5) is 26.7. The average Bonchev–Trinajstić information content (AvgIpc) is 2.59. The fourth-order valence-corrected chi connectivity index (χ4v) is 2.88. The molecule has 0 aromatic heterocycles. The number of rotatable bonds is 4. The lowest BCUT2D eigenvalue weighted by atomic mass is 10.2. The van der Waals surface area contributed by atoms with Gasteiger partial charge in [-0.25, -0.2) is 0 Å². The SMILES string of the molecule is CC(=O)N1CCN(/C=C(/C#N)C(=O)Nc2ccc(S(=O)(=O)O)cc2)CC1. The van der Waals surface area contributed by atoms with Crippen molar-refractivity contribution in [1.82, 2.24) is 9.80 Å². The van der Waals surface area contributed by atoms with Gasteiger partial charge < -0.3 is 15.1 Å². The summed E-state index contributed by atoms with van der Waals surface area (Å²) in [5.41, 5.74) is 0.171. The van der Waals surface area contributed by atoms with E-state index in [4.69, 9.17) is 4.55 Å². The van der Waals surface area contributed by atoms with Gasteiger partial charge in [0.2, 0.25) is 5.91 Å². The Morgan fingerprint density at radius 2 is 1.77 bits per heavy atom. The summed E-state index contributed by atoms with van der Waals surface area (Å²) in [7, 11) is -4.31. The second kappa shape index (κ2) is 7.99. The van der Waals surface area contributed by atoms with Crippen LogP contribution in [0.3, 0.4) is 0 Å². The second-order valence-corrected chi connectivity index (χ2v) is 7.07. The van der Waals surface area contributed by atoms with Crippen LogP contribution in [0.4, 0.5) is 5.69 Å². The van der Waals surface area contributed by atoms with Gasteiger partial charge in [-0.15, -0.1) is 0 Å². The second-order valence-electron chi connectivity index (χ2n) is 5.65. The zero-order valence-electron chi connectivity index (χ0n) is 14.0. The van der Waals surface area contributed by atoms with Gasteiger partial charge in [0.05, 0.1) is 4.90 Å². The molecule has 9 nitrogen and oxygen atoms in total. The molecule has 0 spiro atoms. The number of hydrogen-bond acceptors (Lipinski definition) is 6. The molecule has 1 aromatic rings. The van der Waals surface area contributed by atoms with Crippen molar-refractivity contribution in [2.24, 2.45) is 0 Å². The van der Waals surface area contributed by atoms with Gasteiger partial charge in [-0.05, 0) is 24.3 Å². The number of hydrogen-bond donors (Lipinski definition) is 2. The summed E-state index contributed by atoms with van der Waals surface area (Å²) < 4.78 is 30.9. The first-order valence-corrected chi connectivity index (χ1v) is 9.15. The third-order valence-corrected chi connectivity index (χ3v) is 4.71. The lowest BCUT2D eigenvalue weighted by molar-refractivity contribution is -0.130. The Morgan fingerprint density at radius 1 is 1.19 bits per heavy atom. The van der Waals surface area contributed by atoms with Gasteiger partial charge in [-0.2, -0.15) is 13.7 Å². The Labute approximate surface area is 151 Å². The van der Waals surface area contributed by atoms with Gasteiger partial charge in [0.1, 0.15) is 11.6 Å². The number of benzene rings is 1. The summed E-state index contributed by atoms with van der Waals surface area (Å²) in [5, 5.41) is 11.7. The first kappa shape index (κ1) is 19.4. The third-order valence-electron chi connectivity index (χ3n) is 3.85. The van der Waals surface area contributed by atoms with Crippen molar-refractivity contribution in [2.45, 2.75) is 11.8 Å². The molecule has 0 radical (unpaired) electrons. The predicted octanol–water partition coefficient (Wildman–Crippen LogP) is 0.443. The van der Waals surface area contributed by atoms with Gasteiger partial charge in [0.15, 0.2) is 0 Å². The molecule has 0 aliphatic carbocycles. The van der Waals surface area contributed by atoms with Crippen molar-refractivity contribution < 1.29 is 22.6 Å². The van der Waals surface area contributed by atoms with E-state index in [2.05, 4.69) is 5.32 Å². The molecule has 2 N–H and O–H groups in total. The third kappa shape index (κ3) is 5.05. The van der Waals surface area contributed by atoms with Gasteiger partial charge in [0.25, 0.3) is 16.0 Å². The highest BCUT2D eigenvalue weighted by molar-refractivity contribution is 7.85. The van der Waals surface area contributed by atoms with Crippen LogP contribution in [-0.2, 0) is 19.7 Å². The number of carbonyl (C=O) groups is 2. The highest BCUT2D eigenvalue weighted by Crippen LogP contribution is 2.15. The molecule has 1 aliphatic rings. The summed E-state index contributed by atoms with van der Waals surface area (Å²) in [6, 6.07) is 6.73. The maximum Gasteiger partial charge on any atom is 0.294 e. The van der Waals surface area contributed by atoms with Crippen LogP contribution in [0.25, 0.3) is 0 Å². The van der Waals surface area contributed by atoms with E-state index in [1.165, 1.54) is 25.3 Å². The number of piperazine rings is 1. The molecule has 138 valence electrons. The first-order valence-electron chi connectivity index (χ1n) is 7.71. The highest BCUT2D eigenvalue weighted by atomic mass is 32.2. The zero-order valence-corrected chi connectivity index (χ0v) is 14.9. The molecule has 1 fully saturated rings. The summed E-state index contributed by atoms with van der Waals surface area (Å²) in [5.74, 6) is -0.652. The Morgan fingerprint density at radius 3 is 2.23 bits per heavy atom. The van der Waals surface area contributed by atoms with Crippen LogP contribution in [0.5, 0.6) is 0 Å². The molecule has 1 aliphatic heterocycles. The predicted molar refractivity (Wildman–Crippen MR) is 92.4 cm³/mol. The monoisotopic (exact) mass is 378 g/mol. The smallest absolute Gasteiger partial charge is 0.294 e. The maximum atomic E-state index is 12.2. The van der Waals surface area contributed by atoms with Crippen LogP contribution < -0.4 is 5.32 Å². The minimum atomic E-state index is -4.31. The Kier molecular flexibility index (Phi) is 5.97. The average molecular weight is 378 g/mol. The van der Waals surface area contributed by atoms with Gasteiger partial charge in [-0.1, -0.05) is 0 Å². The van der Waals surface area contributed by atoms with Crippen molar-refractivity contribution in [3.63, 3.8) is 0 Å². The first-order chi connectivity index (χ1) is 12.2. The van der Waals surface area contributed by atoms with Crippen LogP contribution in [0, 0.1) is 11.3 Å². The van der Waals surface area contributed by atoms with Crippen LogP contribution in [0.2, 0.25) is 0 Å². The van der Waals surface area contributed by atoms with E-state index >= 15 is 0 Å². The van der Waals surface area contributed by atoms with E-state index in [1.807, 2.05) is 6.07 Å². The molecule has 2 rings (SSSR count). The fourth-order valence-electron chi connectivity index (χ4n) is 2.40. The molecular weight excluding hydrogens is 360 g/mol. The molecule has 0 saturated carbocycles. The van der Waals surface area contributed by atoms with Crippen LogP contribution in [0.15, 0.2) is 40.9 Å². The quantitative estimate of drug-likeness (QED) is 0.442. The number of carbonyl (C=O) groups excluding carboxylic acids is 2. The van der Waals surface area contributed by atoms with Crippen molar-refractivity contribution in [3.8, 4) is 6.07 Å². The van der Waals surface area contributed by atoms with Crippen molar-refractivity contribution in [1.29, 1.82) is 5.26 Å². The lowest BCUT2D eigenvalue weighted by Crippen LogP contribution is -2.46. The standard InChI is InChI=1S/C16H18N4O5S/c1-12(21)20-8-6-19(7-9-20)11-13(10-17)16(22)18-14-2-4-15(5-3-14)26(23,24)25/h2-5,11H,6-9H2,1H3,(H,18,22)(H,23,24,25)/b13-11-. The molecule has 1 saturated heterocycles. The maximum absolute atomic E-state index is 12.2. The van der Waals surface area contributed by atoms with E-state index in [0.717, 1.165) is 12.1 Å². The van der Waals surface area contributed by atoms with Crippen LogP contribution in [0.1, 0.15) is 6.92 Å². The topological polar surface area (TPSA) is 131 Å². The Bertz CT molecular complexity index is 863. The minimum Gasteiger partial charge on any atom is -0.373 e. The summed E-state index contributed by atoms with van der Waals surface area (Å²) in [6.07, 6.45) is 1.44. The number of nitrogens with one attached hydrogen (secondary N) is 1. The summed E-state index contributed by atoms with van der Waals surface area (Å²) >= 11 is 0. The van der Waals surface area contributed by atoms with Gasteiger partial charge >= 0.3 is 0 Å². The molecule has 0 unspecified atom stereocenters. The minimum absolute atomic E-state index is 0.0137.